The van der Waals surface area contributed by atoms with E-state index in [0.29, 0.717) is 19.4 Å². The maximum atomic E-state index is 12.1. The molecule has 0 saturated heterocycles. The van der Waals surface area contributed by atoms with E-state index in [-0.39, 0.29) is 6.42 Å². The highest BCUT2D eigenvalue weighted by Gasteiger charge is 2.27. The van der Waals surface area contributed by atoms with E-state index in [4.69, 9.17) is 26.8 Å². The zero-order valence-corrected chi connectivity index (χ0v) is 13.1. The fourth-order valence-electron chi connectivity index (χ4n) is 1.78. The van der Waals surface area contributed by atoms with Crippen LogP contribution in [0, 0.1) is 0 Å². The summed E-state index contributed by atoms with van der Waals surface area (Å²) in [4.78, 5) is 45.3. The molecular weight excluding hydrogens is 324 g/mol. The molecule has 0 aromatic rings. The minimum atomic E-state index is -1.51. The number of nitrogens with two attached hydrogens (primary N) is 2. The smallest absolute Gasteiger partial charge is 0.328 e. The van der Waals surface area contributed by atoms with Crippen LogP contribution in [0.15, 0.2) is 0 Å². The van der Waals surface area contributed by atoms with Crippen molar-refractivity contribution in [1.82, 2.24) is 10.6 Å². The lowest BCUT2D eigenvalue weighted by Gasteiger charge is -2.22. The second kappa shape index (κ2) is 11.3. The summed E-state index contributed by atoms with van der Waals surface area (Å²) in [5, 5.41) is 30.7. The molecule has 0 aromatic carbocycles. The average Bonchev–Trinajstić information content (AvgIpc) is 2.50. The number of carboxylic acids is 2. The summed E-state index contributed by atoms with van der Waals surface area (Å²) in [5.74, 6) is -4.36. The van der Waals surface area contributed by atoms with Gasteiger partial charge in [-0.25, -0.2) is 4.79 Å². The van der Waals surface area contributed by atoms with E-state index in [2.05, 4.69) is 10.6 Å². The van der Waals surface area contributed by atoms with Gasteiger partial charge in [-0.15, -0.1) is 0 Å². The molecule has 0 heterocycles. The van der Waals surface area contributed by atoms with Gasteiger partial charge in [0.25, 0.3) is 0 Å². The summed E-state index contributed by atoms with van der Waals surface area (Å²) in [6, 6.07) is -3.98. The Morgan fingerprint density at radius 1 is 0.958 bits per heavy atom. The van der Waals surface area contributed by atoms with Gasteiger partial charge < -0.3 is 37.4 Å². The Balaban J connectivity index is 4.88. The van der Waals surface area contributed by atoms with E-state index in [0.717, 1.165) is 0 Å². The number of rotatable bonds is 12. The third-order valence-corrected chi connectivity index (χ3v) is 3.11. The lowest BCUT2D eigenvalue weighted by Crippen LogP contribution is -2.55. The standard InChI is InChI=1S/C13H24N4O7/c14-4-2-1-3-8(12(22)17-9(6-18)13(23)24)16-11(21)7(15)5-10(19)20/h7-9,18H,1-6,14-15H2,(H,16,21)(H,17,22)(H,19,20)(H,23,24). The van der Waals surface area contributed by atoms with E-state index in [1.165, 1.54) is 0 Å². The van der Waals surface area contributed by atoms with Crippen molar-refractivity contribution in [3.8, 4) is 0 Å². The first-order valence-corrected chi connectivity index (χ1v) is 7.34. The van der Waals surface area contributed by atoms with Crippen molar-refractivity contribution in [2.24, 2.45) is 11.5 Å². The second-order valence-electron chi connectivity index (χ2n) is 5.13. The first-order chi connectivity index (χ1) is 11.2. The first-order valence-electron chi connectivity index (χ1n) is 7.34. The molecule has 0 rings (SSSR count). The van der Waals surface area contributed by atoms with Crippen molar-refractivity contribution in [3.05, 3.63) is 0 Å². The molecule has 9 N–H and O–H groups in total. The number of hydrogen-bond donors (Lipinski definition) is 7. The molecule has 0 aliphatic heterocycles. The van der Waals surface area contributed by atoms with Crippen molar-refractivity contribution >= 4 is 23.8 Å². The van der Waals surface area contributed by atoms with Crippen molar-refractivity contribution in [2.45, 2.75) is 43.8 Å². The van der Waals surface area contributed by atoms with Crippen molar-refractivity contribution < 1.29 is 34.5 Å². The van der Waals surface area contributed by atoms with Crippen LogP contribution in [0.25, 0.3) is 0 Å². The van der Waals surface area contributed by atoms with Crippen LogP contribution in [0.5, 0.6) is 0 Å². The Morgan fingerprint density at radius 2 is 1.54 bits per heavy atom. The Kier molecular flexibility index (Phi) is 10.3. The fourth-order valence-corrected chi connectivity index (χ4v) is 1.78. The van der Waals surface area contributed by atoms with Crippen LogP contribution >= 0.6 is 0 Å². The zero-order chi connectivity index (χ0) is 18.7. The van der Waals surface area contributed by atoms with Gasteiger partial charge in [-0.2, -0.15) is 0 Å². The number of carbonyl (C=O) groups is 4. The molecule has 3 atom stereocenters. The Morgan fingerprint density at radius 3 is 2.00 bits per heavy atom. The lowest BCUT2D eigenvalue weighted by molar-refractivity contribution is -0.143. The second-order valence-corrected chi connectivity index (χ2v) is 5.13. The topological polar surface area (TPSA) is 205 Å². The normalized spacial score (nSPS) is 14.3. The molecule has 11 nitrogen and oxygen atoms in total. The molecule has 3 unspecified atom stereocenters. The molecular formula is C13H24N4O7. The summed E-state index contributed by atoms with van der Waals surface area (Å²) in [5.41, 5.74) is 10.8. The SMILES string of the molecule is NCCCCC(NC(=O)C(N)CC(=O)O)C(=O)NC(CO)C(=O)O. The van der Waals surface area contributed by atoms with E-state index in [1.807, 2.05) is 0 Å². The van der Waals surface area contributed by atoms with Gasteiger partial charge in [0.2, 0.25) is 11.8 Å². The lowest BCUT2D eigenvalue weighted by atomic mass is 10.1. The first kappa shape index (κ1) is 21.8. The Bertz CT molecular complexity index is 458. The summed E-state index contributed by atoms with van der Waals surface area (Å²) < 4.78 is 0. The van der Waals surface area contributed by atoms with Crippen LogP contribution in [0.3, 0.4) is 0 Å². The number of amides is 2. The zero-order valence-electron chi connectivity index (χ0n) is 13.1. The van der Waals surface area contributed by atoms with Gasteiger partial charge in [0, 0.05) is 0 Å². The molecule has 2 amide bonds. The summed E-state index contributed by atoms with van der Waals surface area (Å²) >= 11 is 0. The number of carbonyl (C=O) groups excluding carboxylic acids is 2. The van der Waals surface area contributed by atoms with Crippen molar-refractivity contribution in [3.63, 3.8) is 0 Å². The predicted octanol–water partition coefficient (Wildman–Crippen LogP) is -3.04. The summed E-state index contributed by atoms with van der Waals surface area (Å²) in [7, 11) is 0. The van der Waals surface area contributed by atoms with Crippen LogP contribution in [-0.2, 0) is 19.2 Å². The van der Waals surface area contributed by atoms with Gasteiger partial charge in [0.15, 0.2) is 0 Å². The largest absolute Gasteiger partial charge is 0.481 e. The minimum absolute atomic E-state index is 0.159. The van der Waals surface area contributed by atoms with E-state index in [9.17, 15) is 19.2 Å². The average molecular weight is 348 g/mol. The molecule has 0 fully saturated rings. The third kappa shape index (κ3) is 8.41. The summed E-state index contributed by atoms with van der Waals surface area (Å²) in [6.07, 6.45) is 0.590. The molecule has 0 aliphatic carbocycles. The van der Waals surface area contributed by atoms with Crippen LogP contribution in [0.1, 0.15) is 25.7 Å². The number of unbranched alkanes of at least 4 members (excludes halogenated alkanes) is 1. The van der Waals surface area contributed by atoms with Gasteiger partial charge >= 0.3 is 11.9 Å². The van der Waals surface area contributed by atoms with Crippen LogP contribution in [-0.4, -0.2) is 70.3 Å². The van der Waals surface area contributed by atoms with Crippen LogP contribution in [0.2, 0.25) is 0 Å². The van der Waals surface area contributed by atoms with E-state index >= 15 is 0 Å². The third-order valence-electron chi connectivity index (χ3n) is 3.11. The molecule has 0 radical (unpaired) electrons. The number of aliphatic hydroxyl groups excluding tert-OH is 1. The van der Waals surface area contributed by atoms with Gasteiger partial charge in [0.1, 0.15) is 12.1 Å². The monoisotopic (exact) mass is 348 g/mol. The van der Waals surface area contributed by atoms with E-state index in [1.54, 1.807) is 0 Å². The van der Waals surface area contributed by atoms with Gasteiger partial charge in [-0.05, 0) is 25.8 Å². The fraction of sp³-hybridized carbons (Fsp3) is 0.692. The van der Waals surface area contributed by atoms with E-state index < -0.39 is 54.9 Å². The molecule has 0 bridgehead atoms. The van der Waals surface area contributed by atoms with Gasteiger partial charge in [-0.3, -0.25) is 14.4 Å². The number of aliphatic hydroxyl groups is 1. The highest BCUT2D eigenvalue weighted by atomic mass is 16.4. The Labute approximate surface area is 138 Å². The van der Waals surface area contributed by atoms with Crippen LogP contribution < -0.4 is 22.1 Å². The molecule has 0 aromatic heterocycles. The maximum absolute atomic E-state index is 12.1. The van der Waals surface area contributed by atoms with Crippen molar-refractivity contribution in [1.29, 1.82) is 0 Å². The number of hydrogen-bond acceptors (Lipinski definition) is 7. The molecule has 138 valence electrons. The van der Waals surface area contributed by atoms with Crippen molar-refractivity contribution in [2.75, 3.05) is 13.2 Å². The maximum Gasteiger partial charge on any atom is 0.328 e. The minimum Gasteiger partial charge on any atom is -0.481 e. The number of carboxylic acid groups (broad SMARTS) is 2. The Hall–Kier alpha value is -2.24. The summed E-state index contributed by atoms with van der Waals surface area (Å²) in [6.45, 7) is -0.446. The molecule has 0 aliphatic rings. The van der Waals surface area contributed by atoms with Crippen LogP contribution in [0.4, 0.5) is 0 Å². The molecule has 11 heteroatoms. The predicted molar refractivity (Wildman–Crippen MR) is 81.7 cm³/mol. The molecule has 24 heavy (non-hydrogen) atoms. The highest BCUT2D eigenvalue weighted by molar-refractivity contribution is 5.92. The number of aliphatic carboxylic acids is 2. The molecule has 0 spiro atoms. The van der Waals surface area contributed by atoms with Gasteiger partial charge in [-0.1, -0.05) is 0 Å². The molecule has 0 saturated carbocycles. The quantitative estimate of drug-likeness (QED) is 0.179. The van der Waals surface area contributed by atoms with Gasteiger partial charge in [0.05, 0.1) is 19.1 Å². The highest BCUT2D eigenvalue weighted by Crippen LogP contribution is 2.03. The number of nitrogens with one attached hydrogen (secondary N) is 2.